The third-order valence-electron chi connectivity index (χ3n) is 4.48. The molecule has 1 aromatic heterocycles. The molecular weight excluding hydrogens is 280 g/mol. The van der Waals surface area contributed by atoms with Gasteiger partial charge >= 0.3 is 0 Å². The molecule has 0 bridgehead atoms. The van der Waals surface area contributed by atoms with Gasteiger partial charge in [0.1, 0.15) is 0 Å². The van der Waals surface area contributed by atoms with Crippen molar-refractivity contribution in [3.8, 4) is 0 Å². The number of likely N-dealkylation sites (tertiary alicyclic amines) is 1. The molecule has 3 rings (SSSR count). The first-order valence-electron chi connectivity index (χ1n) is 8.28. The summed E-state index contributed by atoms with van der Waals surface area (Å²) in [6.45, 7) is 7.07. The second-order valence-electron chi connectivity index (χ2n) is 6.34. The fourth-order valence-corrected chi connectivity index (χ4v) is 3.35. The second kappa shape index (κ2) is 7.35. The zero-order chi connectivity index (χ0) is 15.4. The fourth-order valence-electron chi connectivity index (χ4n) is 3.35. The maximum Gasteiger partial charge on any atom is 0.225 e. The predicted octanol–water partition coefficient (Wildman–Crippen LogP) is 1.05. The first-order valence-corrected chi connectivity index (χ1v) is 8.28. The van der Waals surface area contributed by atoms with Crippen molar-refractivity contribution in [1.29, 1.82) is 0 Å². The molecule has 2 atom stereocenters. The molecule has 0 saturated carbocycles. The summed E-state index contributed by atoms with van der Waals surface area (Å²) in [6.07, 6.45) is 6.89. The highest BCUT2D eigenvalue weighted by atomic mass is 16.5. The second-order valence-corrected chi connectivity index (χ2v) is 6.34. The summed E-state index contributed by atoms with van der Waals surface area (Å²) in [5.41, 5.74) is 1.15. The van der Waals surface area contributed by atoms with Crippen molar-refractivity contribution in [3.05, 3.63) is 18.0 Å². The van der Waals surface area contributed by atoms with Gasteiger partial charge in [0.15, 0.2) is 0 Å². The first-order chi connectivity index (χ1) is 10.7. The minimum absolute atomic E-state index is 0.231. The SMILES string of the molecule is CC(O)CC1CCCN1Cc1cnc(N2CCOCC2)nc1. The number of hydrogen-bond acceptors (Lipinski definition) is 6. The first kappa shape index (κ1) is 15.6. The molecule has 0 aliphatic carbocycles. The van der Waals surface area contributed by atoms with Crippen LogP contribution in [0.2, 0.25) is 0 Å². The molecule has 0 aromatic carbocycles. The van der Waals surface area contributed by atoms with Gasteiger partial charge < -0.3 is 14.7 Å². The average Bonchev–Trinajstić information content (AvgIpc) is 2.95. The van der Waals surface area contributed by atoms with E-state index in [1.807, 2.05) is 19.3 Å². The number of aliphatic hydroxyl groups excluding tert-OH is 1. The maximum absolute atomic E-state index is 9.61. The van der Waals surface area contributed by atoms with E-state index in [-0.39, 0.29) is 6.10 Å². The van der Waals surface area contributed by atoms with E-state index < -0.39 is 0 Å². The zero-order valence-corrected chi connectivity index (χ0v) is 13.3. The number of nitrogens with zero attached hydrogens (tertiary/aromatic N) is 4. The molecule has 0 spiro atoms. The maximum atomic E-state index is 9.61. The highest BCUT2D eigenvalue weighted by Crippen LogP contribution is 2.23. The van der Waals surface area contributed by atoms with Crippen LogP contribution in [0.15, 0.2) is 12.4 Å². The standard InChI is InChI=1S/C16H26N4O2/c1-13(21)9-15-3-2-4-20(15)12-14-10-17-16(18-11-14)19-5-7-22-8-6-19/h10-11,13,15,21H,2-9,12H2,1H3. The summed E-state index contributed by atoms with van der Waals surface area (Å²) < 4.78 is 5.35. The van der Waals surface area contributed by atoms with Gasteiger partial charge in [-0.3, -0.25) is 4.90 Å². The van der Waals surface area contributed by atoms with E-state index in [4.69, 9.17) is 4.74 Å². The molecule has 1 aromatic rings. The third kappa shape index (κ3) is 3.94. The van der Waals surface area contributed by atoms with Crippen LogP contribution >= 0.6 is 0 Å². The molecular formula is C16H26N4O2. The van der Waals surface area contributed by atoms with Crippen molar-refractivity contribution in [3.63, 3.8) is 0 Å². The number of aromatic nitrogens is 2. The van der Waals surface area contributed by atoms with Gasteiger partial charge in [0.2, 0.25) is 5.95 Å². The number of morpholine rings is 1. The van der Waals surface area contributed by atoms with E-state index in [9.17, 15) is 5.11 Å². The van der Waals surface area contributed by atoms with Gasteiger partial charge in [-0.25, -0.2) is 9.97 Å². The summed E-state index contributed by atoms with van der Waals surface area (Å²) in [7, 11) is 0. The van der Waals surface area contributed by atoms with Gasteiger partial charge in [0, 0.05) is 43.6 Å². The molecule has 6 heteroatoms. The summed E-state index contributed by atoms with van der Waals surface area (Å²) >= 11 is 0. The Hall–Kier alpha value is -1.24. The normalized spacial score (nSPS) is 24.6. The smallest absolute Gasteiger partial charge is 0.225 e. The number of hydrogen-bond donors (Lipinski definition) is 1. The Morgan fingerprint density at radius 1 is 1.27 bits per heavy atom. The van der Waals surface area contributed by atoms with Crippen molar-refractivity contribution in [2.24, 2.45) is 0 Å². The minimum atomic E-state index is -0.231. The lowest BCUT2D eigenvalue weighted by Gasteiger charge is -2.27. The third-order valence-corrected chi connectivity index (χ3v) is 4.48. The van der Waals surface area contributed by atoms with E-state index in [1.54, 1.807) is 0 Å². The van der Waals surface area contributed by atoms with Crippen LogP contribution in [0.4, 0.5) is 5.95 Å². The van der Waals surface area contributed by atoms with Crippen LogP contribution in [0.3, 0.4) is 0 Å². The fraction of sp³-hybridized carbons (Fsp3) is 0.750. The van der Waals surface area contributed by atoms with Crippen LogP contribution < -0.4 is 4.90 Å². The lowest BCUT2D eigenvalue weighted by molar-refractivity contribution is 0.122. The largest absolute Gasteiger partial charge is 0.393 e. The Labute approximate surface area is 132 Å². The van der Waals surface area contributed by atoms with Crippen LogP contribution in [-0.4, -0.2) is 65.0 Å². The molecule has 1 N–H and O–H groups in total. The van der Waals surface area contributed by atoms with E-state index in [0.29, 0.717) is 6.04 Å². The monoisotopic (exact) mass is 306 g/mol. The van der Waals surface area contributed by atoms with Crippen molar-refractivity contribution < 1.29 is 9.84 Å². The number of rotatable bonds is 5. The van der Waals surface area contributed by atoms with Gasteiger partial charge in [-0.05, 0) is 32.7 Å². The average molecular weight is 306 g/mol. The van der Waals surface area contributed by atoms with Crippen LogP contribution in [0, 0.1) is 0 Å². The quantitative estimate of drug-likeness (QED) is 0.877. The number of ether oxygens (including phenoxy) is 1. The molecule has 3 heterocycles. The Balaban J connectivity index is 1.58. The van der Waals surface area contributed by atoms with Crippen molar-refractivity contribution in [1.82, 2.24) is 14.9 Å². The Bertz CT molecular complexity index is 460. The predicted molar refractivity (Wildman–Crippen MR) is 84.8 cm³/mol. The molecule has 0 amide bonds. The topological polar surface area (TPSA) is 61.7 Å². The highest BCUT2D eigenvalue weighted by molar-refractivity contribution is 5.30. The van der Waals surface area contributed by atoms with Crippen molar-refractivity contribution in [2.45, 2.75) is 44.9 Å². The molecule has 2 saturated heterocycles. The summed E-state index contributed by atoms with van der Waals surface area (Å²) in [6, 6.07) is 0.485. The molecule has 6 nitrogen and oxygen atoms in total. The Morgan fingerprint density at radius 2 is 2.00 bits per heavy atom. The summed E-state index contributed by atoms with van der Waals surface area (Å²) in [5.74, 6) is 0.800. The zero-order valence-electron chi connectivity index (χ0n) is 13.3. The van der Waals surface area contributed by atoms with E-state index in [2.05, 4.69) is 19.8 Å². The van der Waals surface area contributed by atoms with Crippen LogP contribution in [0.25, 0.3) is 0 Å². The summed E-state index contributed by atoms with van der Waals surface area (Å²) in [5, 5.41) is 9.61. The molecule has 0 radical (unpaired) electrons. The molecule has 2 aliphatic heterocycles. The molecule has 22 heavy (non-hydrogen) atoms. The minimum Gasteiger partial charge on any atom is -0.393 e. The number of aliphatic hydroxyl groups is 1. The van der Waals surface area contributed by atoms with Crippen LogP contribution in [0.5, 0.6) is 0 Å². The van der Waals surface area contributed by atoms with Gasteiger partial charge in [0.05, 0.1) is 19.3 Å². The molecule has 2 aliphatic rings. The highest BCUT2D eigenvalue weighted by Gasteiger charge is 2.25. The lowest BCUT2D eigenvalue weighted by Crippen LogP contribution is -2.37. The van der Waals surface area contributed by atoms with E-state index >= 15 is 0 Å². The van der Waals surface area contributed by atoms with Gasteiger partial charge in [-0.1, -0.05) is 0 Å². The van der Waals surface area contributed by atoms with E-state index in [1.165, 1.54) is 12.8 Å². The van der Waals surface area contributed by atoms with Gasteiger partial charge in [-0.2, -0.15) is 0 Å². The molecule has 122 valence electrons. The molecule has 2 fully saturated rings. The van der Waals surface area contributed by atoms with Crippen LogP contribution in [0.1, 0.15) is 31.7 Å². The van der Waals surface area contributed by atoms with Crippen LogP contribution in [-0.2, 0) is 11.3 Å². The van der Waals surface area contributed by atoms with Gasteiger partial charge in [-0.15, -0.1) is 0 Å². The number of anilines is 1. The van der Waals surface area contributed by atoms with E-state index in [0.717, 1.165) is 57.3 Å². The summed E-state index contributed by atoms with van der Waals surface area (Å²) in [4.78, 5) is 13.6. The Kier molecular flexibility index (Phi) is 5.23. The Morgan fingerprint density at radius 3 is 2.68 bits per heavy atom. The molecule has 2 unspecified atom stereocenters. The van der Waals surface area contributed by atoms with Gasteiger partial charge in [0.25, 0.3) is 0 Å². The lowest BCUT2D eigenvalue weighted by atomic mass is 10.1. The van der Waals surface area contributed by atoms with Crippen molar-refractivity contribution in [2.75, 3.05) is 37.7 Å². The van der Waals surface area contributed by atoms with Crippen molar-refractivity contribution >= 4 is 5.95 Å².